The lowest BCUT2D eigenvalue weighted by atomic mass is 10.1. The van der Waals surface area contributed by atoms with E-state index in [4.69, 9.17) is 0 Å². The fourth-order valence-electron chi connectivity index (χ4n) is 3.53. The Morgan fingerprint density at radius 3 is 2.14 bits per heavy atom. The van der Waals surface area contributed by atoms with Crippen molar-refractivity contribution in [3.63, 3.8) is 0 Å². The average Bonchev–Trinajstić information content (AvgIpc) is 3.07. The Labute approximate surface area is 164 Å². The van der Waals surface area contributed by atoms with Crippen molar-refractivity contribution < 1.29 is 4.79 Å². The SMILES string of the molecule is CCc1ccc(/C=N\NC(=O)CCn2c3ccccc3c3ccccc32)cc1. The van der Waals surface area contributed by atoms with Crippen LogP contribution < -0.4 is 5.43 Å². The van der Waals surface area contributed by atoms with Gasteiger partial charge in [0.2, 0.25) is 5.91 Å². The van der Waals surface area contributed by atoms with Crippen LogP contribution in [0, 0.1) is 0 Å². The molecule has 0 fully saturated rings. The first-order chi connectivity index (χ1) is 13.8. The molecule has 1 aromatic heterocycles. The Morgan fingerprint density at radius 1 is 0.929 bits per heavy atom. The van der Waals surface area contributed by atoms with Crippen molar-refractivity contribution in [3.8, 4) is 0 Å². The number of aryl methyl sites for hydroxylation is 2. The minimum absolute atomic E-state index is 0.0942. The van der Waals surface area contributed by atoms with Crippen LogP contribution >= 0.6 is 0 Å². The van der Waals surface area contributed by atoms with Crippen LogP contribution in [0.5, 0.6) is 0 Å². The van der Waals surface area contributed by atoms with E-state index in [9.17, 15) is 4.79 Å². The Balaban J connectivity index is 1.44. The summed E-state index contributed by atoms with van der Waals surface area (Å²) in [7, 11) is 0. The highest BCUT2D eigenvalue weighted by atomic mass is 16.2. The number of fused-ring (bicyclic) bond motifs is 3. The van der Waals surface area contributed by atoms with Gasteiger partial charge in [-0.25, -0.2) is 5.43 Å². The summed E-state index contributed by atoms with van der Waals surface area (Å²) in [4.78, 5) is 12.3. The number of amides is 1. The van der Waals surface area contributed by atoms with E-state index in [0.29, 0.717) is 13.0 Å². The summed E-state index contributed by atoms with van der Waals surface area (Å²) in [6.07, 6.45) is 3.06. The second kappa shape index (κ2) is 8.09. The first kappa shape index (κ1) is 18.0. The van der Waals surface area contributed by atoms with E-state index in [1.54, 1.807) is 6.21 Å². The highest BCUT2D eigenvalue weighted by Gasteiger charge is 2.10. The second-order valence-electron chi connectivity index (χ2n) is 6.82. The normalized spacial score (nSPS) is 11.5. The fraction of sp³-hybridized carbons (Fsp3) is 0.167. The van der Waals surface area contributed by atoms with Crippen molar-refractivity contribution in [3.05, 3.63) is 83.9 Å². The molecular formula is C24H23N3O. The Bertz CT molecular complexity index is 1090. The van der Waals surface area contributed by atoms with Gasteiger partial charge in [0, 0.05) is 34.8 Å². The molecule has 4 heteroatoms. The molecule has 140 valence electrons. The van der Waals surface area contributed by atoms with Gasteiger partial charge < -0.3 is 4.57 Å². The quantitative estimate of drug-likeness (QED) is 0.381. The zero-order chi connectivity index (χ0) is 19.3. The van der Waals surface area contributed by atoms with Crippen LogP contribution in [0.3, 0.4) is 0 Å². The molecule has 1 heterocycles. The number of hydrogen-bond donors (Lipinski definition) is 1. The third-order valence-electron chi connectivity index (χ3n) is 5.03. The lowest BCUT2D eigenvalue weighted by molar-refractivity contribution is -0.121. The molecule has 0 saturated carbocycles. The van der Waals surface area contributed by atoms with Gasteiger partial charge in [-0.1, -0.05) is 67.6 Å². The first-order valence-electron chi connectivity index (χ1n) is 9.63. The van der Waals surface area contributed by atoms with Gasteiger partial charge in [0.1, 0.15) is 0 Å². The van der Waals surface area contributed by atoms with E-state index in [-0.39, 0.29) is 5.91 Å². The summed E-state index contributed by atoms with van der Waals surface area (Å²) in [5, 5.41) is 6.52. The summed E-state index contributed by atoms with van der Waals surface area (Å²) in [6.45, 7) is 2.74. The van der Waals surface area contributed by atoms with E-state index in [1.165, 1.54) is 16.3 Å². The van der Waals surface area contributed by atoms with Gasteiger partial charge in [-0.2, -0.15) is 5.10 Å². The topological polar surface area (TPSA) is 46.4 Å². The van der Waals surface area contributed by atoms with Gasteiger partial charge >= 0.3 is 0 Å². The van der Waals surface area contributed by atoms with Crippen LogP contribution in [0.15, 0.2) is 77.9 Å². The molecule has 0 atom stereocenters. The van der Waals surface area contributed by atoms with Gasteiger partial charge in [0.15, 0.2) is 0 Å². The lowest BCUT2D eigenvalue weighted by Gasteiger charge is -2.06. The van der Waals surface area contributed by atoms with Crippen LogP contribution in [0.1, 0.15) is 24.5 Å². The zero-order valence-corrected chi connectivity index (χ0v) is 15.9. The standard InChI is InChI=1S/C24H23N3O/c1-2-18-11-13-19(14-12-18)17-25-26-24(28)15-16-27-22-9-5-3-7-20(22)21-8-4-6-10-23(21)27/h3-14,17H,2,15-16H2,1H3,(H,26,28)/b25-17-. The van der Waals surface area contributed by atoms with E-state index < -0.39 is 0 Å². The molecule has 28 heavy (non-hydrogen) atoms. The summed E-state index contributed by atoms with van der Waals surface area (Å²) in [6, 6.07) is 24.8. The average molecular weight is 369 g/mol. The zero-order valence-electron chi connectivity index (χ0n) is 15.9. The lowest BCUT2D eigenvalue weighted by Crippen LogP contribution is -2.19. The van der Waals surface area contributed by atoms with Crippen molar-refractivity contribution in [2.45, 2.75) is 26.3 Å². The number of hydrazone groups is 1. The number of carbonyl (C=O) groups excluding carboxylic acids is 1. The first-order valence-corrected chi connectivity index (χ1v) is 9.63. The number of benzene rings is 3. The van der Waals surface area contributed by atoms with Crippen molar-refractivity contribution in [2.24, 2.45) is 5.10 Å². The summed E-state index contributed by atoms with van der Waals surface area (Å²) < 4.78 is 2.21. The van der Waals surface area contributed by atoms with Crippen molar-refractivity contribution >= 4 is 33.9 Å². The Hall–Kier alpha value is -3.40. The molecule has 0 aliphatic carbocycles. The van der Waals surface area contributed by atoms with Crippen LogP contribution in [0.25, 0.3) is 21.8 Å². The van der Waals surface area contributed by atoms with Gasteiger partial charge in [-0.3, -0.25) is 4.79 Å². The van der Waals surface area contributed by atoms with E-state index in [2.05, 4.69) is 58.4 Å². The maximum atomic E-state index is 12.3. The number of nitrogens with one attached hydrogen (secondary N) is 1. The molecule has 1 N–H and O–H groups in total. The number of carbonyl (C=O) groups is 1. The minimum Gasteiger partial charge on any atom is -0.340 e. The highest BCUT2D eigenvalue weighted by molar-refractivity contribution is 6.08. The number of rotatable bonds is 6. The number of para-hydroxylation sites is 2. The van der Waals surface area contributed by atoms with Crippen LogP contribution in [-0.4, -0.2) is 16.7 Å². The molecule has 0 unspecified atom stereocenters. The molecule has 0 saturated heterocycles. The van der Waals surface area contributed by atoms with E-state index >= 15 is 0 Å². The smallest absolute Gasteiger partial charge is 0.241 e. The second-order valence-corrected chi connectivity index (χ2v) is 6.82. The molecule has 1 amide bonds. The van der Waals surface area contributed by atoms with Gasteiger partial charge in [0.25, 0.3) is 0 Å². The molecule has 4 aromatic rings. The van der Waals surface area contributed by atoms with E-state index in [1.807, 2.05) is 36.4 Å². The number of aromatic nitrogens is 1. The molecule has 3 aromatic carbocycles. The van der Waals surface area contributed by atoms with Crippen molar-refractivity contribution in [2.75, 3.05) is 0 Å². The molecule has 0 spiro atoms. The maximum absolute atomic E-state index is 12.3. The third kappa shape index (κ3) is 3.67. The Kier molecular flexibility index (Phi) is 5.20. The van der Waals surface area contributed by atoms with Gasteiger partial charge in [-0.05, 0) is 29.7 Å². The van der Waals surface area contributed by atoms with E-state index in [0.717, 1.165) is 23.0 Å². The molecule has 0 aliphatic heterocycles. The van der Waals surface area contributed by atoms with Crippen LogP contribution in [0.4, 0.5) is 0 Å². The minimum atomic E-state index is -0.0942. The molecule has 0 aliphatic rings. The third-order valence-corrected chi connectivity index (χ3v) is 5.03. The highest BCUT2D eigenvalue weighted by Crippen LogP contribution is 2.28. The maximum Gasteiger partial charge on any atom is 0.241 e. The fourth-order valence-corrected chi connectivity index (χ4v) is 3.53. The van der Waals surface area contributed by atoms with Crippen LogP contribution in [-0.2, 0) is 17.8 Å². The largest absolute Gasteiger partial charge is 0.340 e. The van der Waals surface area contributed by atoms with Crippen LogP contribution in [0.2, 0.25) is 0 Å². The summed E-state index contributed by atoms with van der Waals surface area (Å²) in [5.41, 5.74) is 7.19. The van der Waals surface area contributed by atoms with Crippen molar-refractivity contribution in [1.29, 1.82) is 0 Å². The molecule has 4 nitrogen and oxygen atoms in total. The van der Waals surface area contributed by atoms with Crippen molar-refractivity contribution in [1.82, 2.24) is 9.99 Å². The molecule has 4 rings (SSSR count). The Morgan fingerprint density at radius 2 is 1.54 bits per heavy atom. The molecule has 0 bridgehead atoms. The molecular weight excluding hydrogens is 346 g/mol. The monoisotopic (exact) mass is 369 g/mol. The summed E-state index contributed by atoms with van der Waals surface area (Å²) in [5.74, 6) is -0.0942. The predicted molar refractivity (Wildman–Crippen MR) is 116 cm³/mol. The predicted octanol–water partition coefficient (Wildman–Crippen LogP) is 4.90. The van der Waals surface area contributed by atoms with Gasteiger partial charge in [-0.15, -0.1) is 0 Å². The number of nitrogens with zero attached hydrogens (tertiary/aromatic N) is 2. The summed E-state index contributed by atoms with van der Waals surface area (Å²) >= 11 is 0. The number of hydrogen-bond acceptors (Lipinski definition) is 2. The van der Waals surface area contributed by atoms with Gasteiger partial charge in [0.05, 0.1) is 6.21 Å². The molecule has 0 radical (unpaired) electrons.